The Labute approximate surface area is 151 Å². The van der Waals surface area contributed by atoms with E-state index in [9.17, 15) is 9.59 Å². The van der Waals surface area contributed by atoms with Crippen LogP contribution in [0.3, 0.4) is 0 Å². The lowest BCUT2D eigenvalue weighted by atomic mass is 9.81. The van der Waals surface area contributed by atoms with Gasteiger partial charge in [-0.3, -0.25) is 9.59 Å². The fraction of sp³-hybridized carbons (Fsp3) is 0.529. The summed E-state index contributed by atoms with van der Waals surface area (Å²) in [5.41, 5.74) is 6.77. The highest BCUT2D eigenvalue weighted by molar-refractivity contribution is 6.42. The van der Waals surface area contributed by atoms with E-state index in [1.54, 1.807) is 17.0 Å². The smallest absolute Gasteiger partial charge is 0.239 e. The first-order valence-corrected chi connectivity index (χ1v) is 8.85. The van der Waals surface area contributed by atoms with E-state index in [2.05, 4.69) is 5.32 Å². The Balaban J connectivity index is 1.86. The first kappa shape index (κ1) is 17.5. The Hall–Kier alpha value is -1.30. The fourth-order valence-electron chi connectivity index (χ4n) is 3.66. The SMILES string of the molecule is CC(C)C[C@@H](N)C(=O)N1CC[C@]2(C1)C(=O)Nc1cc(Cl)c(Cl)cc12. The first-order chi connectivity index (χ1) is 11.2. The molecule has 1 spiro atoms. The molecule has 24 heavy (non-hydrogen) atoms. The molecular formula is C17H21Cl2N3O2. The number of benzene rings is 1. The molecule has 2 aliphatic rings. The average Bonchev–Trinajstić information content (AvgIpc) is 3.04. The molecule has 0 aromatic heterocycles. The summed E-state index contributed by atoms with van der Waals surface area (Å²) in [5, 5.41) is 3.68. The molecule has 3 N–H and O–H groups in total. The minimum atomic E-state index is -0.753. The summed E-state index contributed by atoms with van der Waals surface area (Å²) in [6, 6.07) is 2.87. The number of rotatable bonds is 3. The largest absolute Gasteiger partial charge is 0.340 e. The molecule has 3 rings (SSSR count). The number of fused-ring (bicyclic) bond motifs is 2. The Kier molecular flexibility index (Phi) is 4.53. The molecule has 2 amide bonds. The van der Waals surface area contributed by atoms with Gasteiger partial charge in [-0.1, -0.05) is 37.0 Å². The predicted molar refractivity (Wildman–Crippen MR) is 95.4 cm³/mol. The minimum absolute atomic E-state index is 0.0955. The number of nitrogens with one attached hydrogen (secondary N) is 1. The van der Waals surface area contributed by atoms with Gasteiger partial charge in [0.2, 0.25) is 11.8 Å². The third-order valence-corrected chi connectivity index (χ3v) is 5.60. The van der Waals surface area contributed by atoms with Crippen LogP contribution in [0.1, 0.15) is 32.3 Å². The second-order valence-electron chi connectivity index (χ2n) is 7.09. The molecule has 7 heteroatoms. The van der Waals surface area contributed by atoms with Crippen LogP contribution in [-0.2, 0) is 15.0 Å². The Bertz CT molecular complexity index is 707. The summed E-state index contributed by atoms with van der Waals surface area (Å²) < 4.78 is 0. The van der Waals surface area contributed by atoms with Crippen LogP contribution in [0.25, 0.3) is 0 Å². The number of hydrogen-bond donors (Lipinski definition) is 2. The third-order valence-electron chi connectivity index (χ3n) is 4.88. The van der Waals surface area contributed by atoms with Gasteiger partial charge in [-0.05, 0) is 36.5 Å². The number of amides is 2. The van der Waals surface area contributed by atoms with E-state index >= 15 is 0 Å². The zero-order valence-corrected chi connectivity index (χ0v) is 15.2. The van der Waals surface area contributed by atoms with E-state index in [0.717, 1.165) is 5.56 Å². The van der Waals surface area contributed by atoms with Crippen LogP contribution in [0.2, 0.25) is 10.0 Å². The lowest BCUT2D eigenvalue weighted by Gasteiger charge is -2.25. The summed E-state index contributed by atoms with van der Waals surface area (Å²) in [4.78, 5) is 26.9. The summed E-state index contributed by atoms with van der Waals surface area (Å²) in [6.07, 6.45) is 1.19. The number of nitrogens with two attached hydrogens (primary N) is 1. The molecule has 0 saturated carbocycles. The van der Waals surface area contributed by atoms with Crippen molar-refractivity contribution in [3.8, 4) is 0 Å². The van der Waals surface area contributed by atoms with Crippen molar-refractivity contribution in [2.24, 2.45) is 11.7 Å². The van der Waals surface area contributed by atoms with Gasteiger partial charge in [-0.2, -0.15) is 0 Å². The van der Waals surface area contributed by atoms with Crippen LogP contribution in [-0.4, -0.2) is 35.8 Å². The topological polar surface area (TPSA) is 75.4 Å². The highest BCUT2D eigenvalue weighted by Gasteiger charge is 2.52. The molecule has 0 bridgehead atoms. The number of carbonyl (C=O) groups is 2. The highest BCUT2D eigenvalue weighted by atomic mass is 35.5. The quantitative estimate of drug-likeness (QED) is 0.859. The molecule has 1 aromatic carbocycles. The van der Waals surface area contributed by atoms with Crippen LogP contribution in [0.5, 0.6) is 0 Å². The zero-order valence-electron chi connectivity index (χ0n) is 13.7. The number of anilines is 1. The van der Waals surface area contributed by atoms with E-state index < -0.39 is 11.5 Å². The number of carbonyl (C=O) groups excluding carboxylic acids is 2. The second-order valence-corrected chi connectivity index (χ2v) is 7.91. The van der Waals surface area contributed by atoms with Crippen molar-refractivity contribution in [1.29, 1.82) is 0 Å². The molecule has 1 aromatic rings. The van der Waals surface area contributed by atoms with Crippen LogP contribution in [0, 0.1) is 5.92 Å². The number of likely N-dealkylation sites (tertiary alicyclic amines) is 1. The summed E-state index contributed by atoms with van der Waals surface area (Å²) in [5.74, 6) is 0.141. The van der Waals surface area contributed by atoms with Crippen molar-refractivity contribution in [2.45, 2.75) is 38.1 Å². The molecule has 130 valence electrons. The zero-order chi connectivity index (χ0) is 17.6. The van der Waals surface area contributed by atoms with E-state index in [1.807, 2.05) is 13.8 Å². The number of hydrogen-bond acceptors (Lipinski definition) is 3. The van der Waals surface area contributed by atoms with Crippen molar-refractivity contribution in [1.82, 2.24) is 4.90 Å². The minimum Gasteiger partial charge on any atom is -0.340 e. The van der Waals surface area contributed by atoms with Gasteiger partial charge >= 0.3 is 0 Å². The lowest BCUT2D eigenvalue weighted by Crippen LogP contribution is -2.46. The summed E-state index contributed by atoms with van der Waals surface area (Å²) in [6.45, 7) is 4.90. The van der Waals surface area contributed by atoms with Crippen LogP contribution >= 0.6 is 23.2 Å². The average molecular weight is 370 g/mol. The van der Waals surface area contributed by atoms with Crippen molar-refractivity contribution >= 4 is 40.7 Å². The fourth-order valence-corrected chi connectivity index (χ4v) is 3.98. The third kappa shape index (κ3) is 2.79. The van der Waals surface area contributed by atoms with E-state index in [0.29, 0.717) is 47.6 Å². The van der Waals surface area contributed by atoms with Gasteiger partial charge in [0.15, 0.2) is 0 Å². The van der Waals surface area contributed by atoms with Gasteiger partial charge in [0.05, 0.1) is 21.5 Å². The molecule has 0 aliphatic carbocycles. The molecule has 0 radical (unpaired) electrons. The maximum Gasteiger partial charge on any atom is 0.239 e. The Morgan fingerprint density at radius 2 is 2.04 bits per heavy atom. The molecule has 1 fully saturated rings. The van der Waals surface area contributed by atoms with Crippen LogP contribution in [0.15, 0.2) is 12.1 Å². The summed E-state index contributed by atoms with van der Waals surface area (Å²) >= 11 is 12.2. The van der Waals surface area contributed by atoms with Crippen molar-refractivity contribution in [3.05, 3.63) is 27.7 Å². The summed E-state index contributed by atoms with van der Waals surface area (Å²) in [7, 11) is 0. The molecule has 2 atom stereocenters. The maximum absolute atomic E-state index is 12.6. The number of nitrogens with zero attached hydrogens (tertiary/aromatic N) is 1. The van der Waals surface area contributed by atoms with Crippen molar-refractivity contribution in [2.75, 3.05) is 18.4 Å². The van der Waals surface area contributed by atoms with Gasteiger partial charge < -0.3 is 16.0 Å². The molecule has 0 unspecified atom stereocenters. The van der Waals surface area contributed by atoms with Gasteiger partial charge in [-0.25, -0.2) is 0 Å². The molecule has 1 saturated heterocycles. The molecule has 2 aliphatic heterocycles. The molecule has 5 nitrogen and oxygen atoms in total. The Morgan fingerprint density at radius 1 is 1.38 bits per heavy atom. The first-order valence-electron chi connectivity index (χ1n) is 8.10. The van der Waals surface area contributed by atoms with Crippen LogP contribution < -0.4 is 11.1 Å². The van der Waals surface area contributed by atoms with Gasteiger partial charge in [0.1, 0.15) is 0 Å². The number of halogens is 2. The van der Waals surface area contributed by atoms with Gasteiger partial charge in [0.25, 0.3) is 0 Å². The van der Waals surface area contributed by atoms with Crippen molar-refractivity contribution < 1.29 is 9.59 Å². The highest BCUT2D eigenvalue weighted by Crippen LogP contribution is 2.46. The second kappa shape index (κ2) is 6.21. The van der Waals surface area contributed by atoms with Gasteiger partial charge in [0, 0.05) is 18.8 Å². The van der Waals surface area contributed by atoms with E-state index in [1.165, 1.54) is 0 Å². The van der Waals surface area contributed by atoms with Crippen molar-refractivity contribution in [3.63, 3.8) is 0 Å². The maximum atomic E-state index is 12.6. The standard InChI is InChI=1S/C17H21Cl2N3O2/c1-9(2)5-13(20)15(23)22-4-3-17(8-22)10-6-11(18)12(19)7-14(10)21-16(17)24/h6-7,9,13H,3-5,8,20H2,1-2H3,(H,21,24)/t13-,17-/m1/s1. The Morgan fingerprint density at radius 3 is 2.71 bits per heavy atom. The monoisotopic (exact) mass is 369 g/mol. The predicted octanol–water partition coefficient (Wildman–Crippen LogP) is 2.79. The van der Waals surface area contributed by atoms with E-state index in [4.69, 9.17) is 28.9 Å². The normalized spacial score (nSPS) is 23.8. The van der Waals surface area contributed by atoms with E-state index in [-0.39, 0.29) is 11.8 Å². The van der Waals surface area contributed by atoms with Gasteiger partial charge in [-0.15, -0.1) is 0 Å². The molecular weight excluding hydrogens is 349 g/mol. The van der Waals surface area contributed by atoms with Crippen LogP contribution in [0.4, 0.5) is 5.69 Å². The lowest BCUT2D eigenvalue weighted by molar-refractivity contribution is -0.132. The molecule has 2 heterocycles.